The summed E-state index contributed by atoms with van der Waals surface area (Å²) in [5, 5.41) is 6.93. The summed E-state index contributed by atoms with van der Waals surface area (Å²) in [5.74, 6) is -0.419. The second-order valence-corrected chi connectivity index (χ2v) is 10.7. The van der Waals surface area contributed by atoms with Gasteiger partial charge in [0.15, 0.2) is 5.72 Å². The molecule has 3 aromatic carbocycles. The van der Waals surface area contributed by atoms with Crippen molar-refractivity contribution in [3.8, 4) is 5.75 Å². The first-order chi connectivity index (χ1) is 19.0. The van der Waals surface area contributed by atoms with Crippen LogP contribution in [0.5, 0.6) is 5.75 Å². The number of hydrogen-bond acceptors (Lipinski definition) is 6. The average molecular weight is 526 g/mol. The van der Waals surface area contributed by atoms with Gasteiger partial charge in [0.05, 0.1) is 41.3 Å². The van der Waals surface area contributed by atoms with Crippen LogP contribution in [0, 0.1) is 5.92 Å². The van der Waals surface area contributed by atoms with E-state index >= 15 is 0 Å². The van der Waals surface area contributed by atoms with E-state index in [1.54, 1.807) is 0 Å². The lowest BCUT2D eigenvalue weighted by molar-refractivity contribution is -0.264. The Bertz CT molecular complexity index is 1900. The molecule has 9 nitrogen and oxygen atoms in total. The van der Waals surface area contributed by atoms with Crippen molar-refractivity contribution < 1.29 is 28.8 Å². The molecule has 1 amide bonds. The van der Waals surface area contributed by atoms with Crippen molar-refractivity contribution in [1.29, 1.82) is 0 Å². The van der Waals surface area contributed by atoms with Crippen molar-refractivity contribution in [3.63, 3.8) is 0 Å². The third-order valence-corrected chi connectivity index (χ3v) is 8.69. The van der Waals surface area contributed by atoms with Gasteiger partial charge in [0, 0.05) is 34.5 Å². The maximum atomic E-state index is 13.5. The number of nitrogens with zero attached hydrogens (tertiary/aromatic N) is 2. The van der Waals surface area contributed by atoms with E-state index in [2.05, 4.69) is 27.4 Å². The van der Waals surface area contributed by atoms with Crippen molar-refractivity contribution in [3.05, 3.63) is 53.6 Å². The number of nitrogens with one attached hydrogen (secondary N) is 1. The van der Waals surface area contributed by atoms with Crippen LogP contribution >= 0.6 is 0 Å². The maximum Gasteiger partial charge on any atom is 0.350 e. The Morgan fingerprint density at radius 2 is 1.97 bits per heavy atom. The van der Waals surface area contributed by atoms with Gasteiger partial charge in [-0.05, 0) is 43.2 Å². The first kappa shape index (κ1) is 22.9. The molecule has 3 aliphatic heterocycles. The molecule has 1 saturated heterocycles. The molecule has 0 unspecified atom stereocenters. The van der Waals surface area contributed by atoms with Crippen LogP contribution in [0.1, 0.15) is 48.8 Å². The number of ether oxygens (including phenoxy) is 2. The molecule has 5 heterocycles. The van der Waals surface area contributed by atoms with E-state index in [0.717, 1.165) is 61.3 Å². The van der Waals surface area contributed by atoms with E-state index in [-0.39, 0.29) is 5.91 Å². The van der Waals surface area contributed by atoms with Gasteiger partial charge in [-0.1, -0.05) is 25.1 Å². The van der Waals surface area contributed by atoms with Gasteiger partial charge in [-0.15, -0.1) is 0 Å². The van der Waals surface area contributed by atoms with E-state index in [1.807, 2.05) is 43.3 Å². The lowest BCUT2D eigenvalue weighted by Crippen LogP contribution is -2.40. The van der Waals surface area contributed by atoms with Gasteiger partial charge in [0.1, 0.15) is 17.9 Å². The first-order valence-corrected chi connectivity index (χ1v) is 13.4. The molecule has 39 heavy (non-hydrogen) atoms. The summed E-state index contributed by atoms with van der Waals surface area (Å²) < 4.78 is 17.2. The molecule has 0 radical (unpaired) electrons. The molecule has 3 atom stereocenters. The van der Waals surface area contributed by atoms with E-state index < -0.39 is 23.8 Å². The average Bonchev–Trinajstić information content (AvgIpc) is 3.65. The fourth-order valence-electron chi connectivity index (χ4n) is 7.23. The molecule has 9 heteroatoms. The summed E-state index contributed by atoms with van der Waals surface area (Å²) in [6, 6.07) is 14.1. The Kier molecular flexibility index (Phi) is 4.54. The van der Waals surface area contributed by atoms with Crippen LogP contribution in [0.15, 0.2) is 42.5 Å². The van der Waals surface area contributed by atoms with Gasteiger partial charge in [-0.3, -0.25) is 9.68 Å². The molecular weight excluding hydrogens is 498 g/mol. The first-order valence-electron chi connectivity index (χ1n) is 13.4. The number of carbonyl (C=O) groups excluding carboxylic acids is 2. The van der Waals surface area contributed by atoms with Crippen LogP contribution in [-0.4, -0.2) is 34.7 Å². The van der Waals surface area contributed by atoms with Crippen LogP contribution in [0.4, 0.5) is 0 Å². The molecule has 1 N–H and O–H groups in total. The van der Waals surface area contributed by atoms with Crippen LogP contribution in [-0.2, 0) is 31.6 Å². The number of hydrogen-bond donors (Lipinski definition) is 1. The zero-order chi connectivity index (χ0) is 26.6. The normalized spacial score (nSPS) is 23.2. The second kappa shape index (κ2) is 7.74. The number of fused-ring (bicyclic) bond motifs is 13. The van der Waals surface area contributed by atoms with Gasteiger partial charge in [-0.2, -0.15) is 4.89 Å². The summed E-state index contributed by atoms with van der Waals surface area (Å²) in [4.78, 5) is 36.6. The van der Waals surface area contributed by atoms with Crippen LogP contribution in [0.3, 0.4) is 0 Å². The Hall–Kier alpha value is -4.08. The van der Waals surface area contributed by atoms with Crippen molar-refractivity contribution in [1.82, 2.24) is 14.5 Å². The zero-order valence-electron chi connectivity index (χ0n) is 21.9. The number of carbonyl (C=O) groups is 2. The summed E-state index contributed by atoms with van der Waals surface area (Å²) in [6.07, 6.45) is 0.824. The summed E-state index contributed by atoms with van der Waals surface area (Å²) in [6.45, 7) is 5.06. The second-order valence-electron chi connectivity index (χ2n) is 10.7. The van der Waals surface area contributed by atoms with Crippen molar-refractivity contribution in [2.45, 2.75) is 45.2 Å². The molecule has 0 spiro atoms. The monoisotopic (exact) mass is 525 g/mol. The maximum absolute atomic E-state index is 13.5. The number of amides is 1. The SMILES string of the molecule is CCCOc1ccc2c(c1)c1c3c(c4c5ccccc5n5c4c1n2[C@H]1C[C@@H](C(=O)OOC)[C@]5(C)O1)CNC3=O. The molecule has 0 saturated carbocycles. The van der Waals surface area contributed by atoms with E-state index in [0.29, 0.717) is 25.1 Å². The lowest BCUT2D eigenvalue weighted by atomic mass is 9.93. The topological polar surface area (TPSA) is 93.0 Å². The predicted molar refractivity (Wildman–Crippen MR) is 144 cm³/mol. The smallest absolute Gasteiger partial charge is 0.350 e. The number of para-hydroxylation sites is 1. The molecule has 3 aliphatic rings. The van der Waals surface area contributed by atoms with Crippen LogP contribution in [0.2, 0.25) is 0 Å². The Morgan fingerprint density at radius 3 is 2.79 bits per heavy atom. The summed E-state index contributed by atoms with van der Waals surface area (Å²) >= 11 is 0. The minimum atomic E-state index is -1.05. The quantitative estimate of drug-likeness (QED) is 0.249. The summed E-state index contributed by atoms with van der Waals surface area (Å²) in [5.41, 5.74) is 4.37. The Labute approximate surface area is 223 Å². The van der Waals surface area contributed by atoms with E-state index in [4.69, 9.17) is 19.2 Å². The van der Waals surface area contributed by atoms with Gasteiger partial charge < -0.3 is 23.9 Å². The molecular formula is C30H27N3O6. The Balaban J connectivity index is 1.60. The number of benzene rings is 3. The van der Waals surface area contributed by atoms with Crippen molar-refractivity contribution in [2.75, 3.05) is 13.7 Å². The molecule has 1 fully saturated rings. The highest BCUT2D eigenvalue weighted by molar-refractivity contribution is 6.31. The highest BCUT2D eigenvalue weighted by Crippen LogP contribution is 2.56. The molecule has 5 aromatic rings. The molecule has 2 bridgehead atoms. The van der Waals surface area contributed by atoms with Crippen LogP contribution < -0.4 is 10.1 Å². The minimum Gasteiger partial charge on any atom is -0.494 e. The largest absolute Gasteiger partial charge is 0.494 e. The standard InChI is InChI=1S/C30H27N3O6/c1-4-11-37-15-9-10-20-17(12-15)24-25-18(14-31-28(25)34)23-16-7-5-6-8-21(16)33-27(23)26(24)32(20)22-13-19(29(35)39-36-3)30(33,2)38-22/h5-10,12,19,22H,4,11,13-14H2,1-3H3,(H,31,34)/t19-,22+,30-/m0/s1. The molecule has 2 aromatic heterocycles. The third-order valence-electron chi connectivity index (χ3n) is 8.69. The van der Waals surface area contributed by atoms with Crippen molar-refractivity contribution in [2.24, 2.45) is 5.92 Å². The molecule has 8 rings (SSSR count). The third kappa shape index (κ3) is 2.71. The molecule has 198 valence electrons. The fraction of sp³-hybridized carbons (Fsp3) is 0.333. The minimum absolute atomic E-state index is 0.0780. The highest BCUT2D eigenvalue weighted by atomic mass is 17.2. The van der Waals surface area contributed by atoms with Gasteiger partial charge >= 0.3 is 5.97 Å². The van der Waals surface area contributed by atoms with Crippen molar-refractivity contribution >= 4 is 55.5 Å². The van der Waals surface area contributed by atoms with E-state index in [1.165, 1.54) is 7.11 Å². The van der Waals surface area contributed by atoms with Gasteiger partial charge in [0.2, 0.25) is 0 Å². The zero-order valence-corrected chi connectivity index (χ0v) is 21.9. The van der Waals surface area contributed by atoms with E-state index in [9.17, 15) is 9.59 Å². The van der Waals surface area contributed by atoms with Gasteiger partial charge in [0.25, 0.3) is 5.91 Å². The lowest BCUT2D eigenvalue weighted by Gasteiger charge is -2.31. The fourth-order valence-corrected chi connectivity index (χ4v) is 7.23. The number of rotatable bonds is 5. The summed E-state index contributed by atoms with van der Waals surface area (Å²) in [7, 11) is 1.33. The van der Waals surface area contributed by atoms with Crippen LogP contribution in [0.25, 0.3) is 43.6 Å². The Morgan fingerprint density at radius 1 is 1.13 bits per heavy atom. The van der Waals surface area contributed by atoms with Gasteiger partial charge in [-0.25, -0.2) is 4.79 Å². The predicted octanol–water partition coefficient (Wildman–Crippen LogP) is 5.26. The molecule has 0 aliphatic carbocycles. The number of aromatic nitrogens is 2. The highest BCUT2D eigenvalue weighted by Gasteiger charge is 2.56.